The summed E-state index contributed by atoms with van der Waals surface area (Å²) in [6, 6.07) is 6.13. The van der Waals surface area contributed by atoms with Gasteiger partial charge in [0.25, 0.3) is 5.91 Å². The summed E-state index contributed by atoms with van der Waals surface area (Å²) in [5.74, 6) is -1.62. The van der Waals surface area contributed by atoms with Gasteiger partial charge in [0.1, 0.15) is 5.60 Å². The molecule has 0 saturated carbocycles. The zero-order valence-corrected chi connectivity index (χ0v) is 17.4. The van der Waals surface area contributed by atoms with E-state index in [-0.39, 0.29) is 19.1 Å². The predicted molar refractivity (Wildman–Crippen MR) is 105 cm³/mol. The van der Waals surface area contributed by atoms with E-state index in [1.165, 1.54) is 12.1 Å². The third kappa shape index (κ3) is 10.7. The first-order valence-corrected chi connectivity index (χ1v) is 9.19. The van der Waals surface area contributed by atoms with Gasteiger partial charge in [0.15, 0.2) is 6.61 Å². The molecule has 1 rings (SSSR count). The van der Waals surface area contributed by atoms with Crippen molar-refractivity contribution >= 4 is 29.6 Å². The number of anilines is 1. The molecule has 0 radical (unpaired) electrons. The SMILES string of the molecule is CC(C)OC(=O)c1ccc(NC(=O)COC(=O)CCNC(=O)OC(C)(C)C)cc1. The fourth-order valence-electron chi connectivity index (χ4n) is 1.97. The second kappa shape index (κ2) is 11.0. The highest BCUT2D eigenvalue weighted by molar-refractivity contribution is 5.94. The highest BCUT2D eigenvalue weighted by Gasteiger charge is 2.16. The quantitative estimate of drug-likeness (QED) is 0.501. The molecule has 160 valence electrons. The molecule has 1 aromatic rings. The lowest BCUT2D eigenvalue weighted by Gasteiger charge is -2.19. The van der Waals surface area contributed by atoms with Crippen LogP contribution >= 0.6 is 0 Å². The fourth-order valence-corrected chi connectivity index (χ4v) is 1.97. The van der Waals surface area contributed by atoms with Crippen LogP contribution in [0.2, 0.25) is 0 Å². The maximum atomic E-state index is 11.9. The lowest BCUT2D eigenvalue weighted by atomic mass is 10.2. The van der Waals surface area contributed by atoms with Crippen LogP contribution in [-0.2, 0) is 23.8 Å². The van der Waals surface area contributed by atoms with Crippen molar-refractivity contribution in [2.45, 2.75) is 52.7 Å². The largest absolute Gasteiger partial charge is 0.459 e. The first-order chi connectivity index (χ1) is 13.5. The molecule has 0 atom stereocenters. The van der Waals surface area contributed by atoms with Crippen molar-refractivity contribution in [3.8, 4) is 0 Å². The number of carbonyl (C=O) groups is 4. The number of carbonyl (C=O) groups excluding carboxylic acids is 4. The molecule has 0 aliphatic carbocycles. The second-order valence-electron chi connectivity index (χ2n) is 7.42. The van der Waals surface area contributed by atoms with Crippen LogP contribution in [0.4, 0.5) is 10.5 Å². The smallest absolute Gasteiger partial charge is 0.407 e. The van der Waals surface area contributed by atoms with E-state index >= 15 is 0 Å². The molecule has 0 aromatic heterocycles. The highest BCUT2D eigenvalue weighted by Crippen LogP contribution is 2.11. The topological polar surface area (TPSA) is 120 Å². The number of hydrogen-bond acceptors (Lipinski definition) is 7. The summed E-state index contributed by atoms with van der Waals surface area (Å²) in [5, 5.41) is 4.97. The van der Waals surface area contributed by atoms with E-state index in [1.807, 2.05) is 0 Å². The van der Waals surface area contributed by atoms with E-state index in [4.69, 9.17) is 14.2 Å². The summed E-state index contributed by atoms with van der Waals surface area (Å²) in [4.78, 5) is 46.7. The Morgan fingerprint density at radius 3 is 2.21 bits per heavy atom. The van der Waals surface area contributed by atoms with Gasteiger partial charge in [-0.25, -0.2) is 9.59 Å². The van der Waals surface area contributed by atoms with Crippen molar-refractivity contribution in [1.82, 2.24) is 5.32 Å². The van der Waals surface area contributed by atoms with E-state index in [0.29, 0.717) is 11.3 Å². The van der Waals surface area contributed by atoms with E-state index in [9.17, 15) is 19.2 Å². The number of alkyl carbamates (subject to hydrolysis) is 1. The van der Waals surface area contributed by atoms with Crippen LogP contribution in [0, 0.1) is 0 Å². The van der Waals surface area contributed by atoms with Crippen LogP contribution in [0.25, 0.3) is 0 Å². The number of nitrogens with one attached hydrogen (secondary N) is 2. The Balaban J connectivity index is 2.32. The fraction of sp³-hybridized carbons (Fsp3) is 0.500. The summed E-state index contributed by atoms with van der Waals surface area (Å²) in [7, 11) is 0. The van der Waals surface area contributed by atoms with Gasteiger partial charge in [0, 0.05) is 12.2 Å². The number of rotatable bonds is 8. The zero-order valence-electron chi connectivity index (χ0n) is 17.4. The van der Waals surface area contributed by atoms with Gasteiger partial charge in [-0.3, -0.25) is 9.59 Å². The molecular formula is C20H28N2O7. The minimum atomic E-state index is -0.636. The average molecular weight is 408 g/mol. The van der Waals surface area contributed by atoms with Crippen molar-refractivity contribution in [3.05, 3.63) is 29.8 Å². The summed E-state index contributed by atoms with van der Waals surface area (Å²) < 4.78 is 15.0. The Morgan fingerprint density at radius 1 is 1.03 bits per heavy atom. The first-order valence-electron chi connectivity index (χ1n) is 9.19. The highest BCUT2D eigenvalue weighted by atomic mass is 16.6. The minimum Gasteiger partial charge on any atom is -0.459 e. The minimum absolute atomic E-state index is 0.0311. The zero-order chi connectivity index (χ0) is 22.0. The molecule has 9 nitrogen and oxygen atoms in total. The third-order valence-corrected chi connectivity index (χ3v) is 3.11. The Morgan fingerprint density at radius 2 is 1.66 bits per heavy atom. The van der Waals surface area contributed by atoms with Crippen LogP contribution in [0.1, 0.15) is 51.4 Å². The van der Waals surface area contributed by atoms with Crippen molar-refractivity contribution in [3.63, 3.8) is 0 Å². The Kier molecular flexibility index (Phi) is 9.11. The Hall–Kier alpha value is -3.10. The van der Waals surface area contributed by atoms with E-state index in [0.717, 1.165) is 0 Å². The van der Waals surface area contributed by atoms with Gasteiger partial charge in [-0.05, 0) is 58.9 Å². The van der Waals surface area contributed by atoms with Gasteiger partial charge in [0.05, 0.1) is 18.1 Å². The first kappa shape index (κ1) is 23.9. The Bertz CT molecular complexity index is 721. The molecule has 2 amide bonds. The number of hydrogen-bond donors (Lipinski definition) is 2. The number of benzene rings is 1. The molecule has 9 heteroatoms. The molecule has 0 aliphatic rings. The maximum absolute atomic E-state index is 11.9. The predicted octanol–water partition coefficient (Wildman–Crippen LogP) is 2.65. The van der Waals surface area contributed by atoms with E-state index in [2.05, 4.69) is 10.6 Å². The molecule has 0 fully saturated rings. The standard InChI is InChI=1S/C20H28N2O7/c1-13(2)28-18(25)14-6-8-15(9-7-14)22-16(23)12-27-17(24)10-11-21-19(26)29-20(3,4)5/h6-9,13H,10-12H2,1-5H3,(H,21,26)(H,22,23). The lowest BCUT2D eigenvalue weighted by molar-refractivity contribution is -0.147. The van der Waals surface area contributed by atoms with Gasteiger partial charge in [-0.2, -0.15) is 0 Å². The van der Waals surface area contributed by atoms with Gasteiger partial charge >= 0.3 is 18.0 Å². The average Bonchev–Trinajstić information content (AvgIpc) is 2.58. The monoisotopic (exact) mass is 408 g/mol. The van der Waals surface area contributed by atoms with E-state index < -0.39 is 36.1 Å². The summed E-state index contributed by atoms with van der Waals surface area (Å²) in [6.45, 7) is 8.24. The molecule has 0 unspecified atom stereocenters. The van der Waals surface area contributed by atoms with Gasteiger partial charge in [0.2, 0.25) is 0 Å². The molecule has 1 aromatic carbocycles. The van der Waals surface area contributed by atoms with Gasteiger partial charge < -0.3 is 24.8 Å². The second-order valence-corrected chi connectivity index (χ2v) is 7.42. The van der Waals surface area contributed by atoms with E-state index in [1.54, 1.807) is 46.8 Å². The molecule has 0 spiro atoms. The van der Waals surface area contributed by atoms with Crippen molar-refractivity contribution < 1.29 is 33.4 Å². The number of ether oxygens (including phenoxy) is 3. The Labute approximate surface area is 170 Å². The van der Waals surface area contributed by atoms with Gasteiger partial charge in [-0.15, -0.1) is 0 Å². The molecule has 0 bridgehead atoms. The number of esters is 2. The molecule has 29 heavy (non-hydrogen) atoms. The van der Waals surface area contributed by atoms with Crippen molar-refractivity contribution in [2.24, 2.45) is 0 Å². The summed E-state index contributed by atoms with van der Waals surface area (Å²) in [6.07, 6.45) is -0.959. The van der Waals surface area contributed by atoms with Crippen LogP contribution < -0.4 is 10.6 Å². The third-order valence-electron chi connectivity index (χ3n) is 3.11. The molecule has 0 saturated heterocycles. The lowest BCUT2D eigenvalue weighted by Crippen LogP contribution is -2.34. The molecule has 2 N–H and O–H groups in total. The molecular weight excluding hydrogens is 380 g/mol. The summed E-state index contributed by atoms with van der Waals surface area (Å²) >= 11 is 0. The van der Waals surface area contributed by atoms with Crippen LogP contribution in [0.15, 0.2) is 24.3 Å². The maximum Gasteiger partial charge on any atom is 0.407 e. The van der Waals surface area contributed by atoms with Crippen molar-refractivity contribution in [2.75, 3.05) is 18.5 Å². The normalized spacial score (nSPS) is 10.8. The molecule has 0 aliphatic heterocycles. The van der Waals surface area contributed by atoms with Crippen molar-refractivity contribution in [1.29, 1.82) is 0 Å². The van der Waals surface area contributed by atoms with Crippen LogP contribution in [-0.4, -0.2) is 48.8 Å². The molecule has 0 heterocycles. The van der Waals surface area contributed by atoms with Crippen LogP contribution in [0.5, 0.6) is 0 Å². The number of amides is 2. The van der Waals surface area contributed by atoms with Crippen LogP contribution in [0.3, 0.4) is 0 Å². The summed E-state index contributed by atoms with van der Waals surface area (Å²) in [5.41, 5.74) is 0.176. The van der Waals surface area contributed by atoms with Gasteiger partial charge in [-0.1, -0.05) is 0 Å².